The highest BCUT2D eigenvalue weighted by Gasteiger charge is 2.28. The Morgan fingerprint density at radius 1 is 1.04 bits per heavy atom. The maximum atomic E-state index is 12.7. The molecule has 0 saturated heterocycles. The van der Waals surface area contributed by atoms with Crippen molar-refractivity contribution in [3.05, 3.63) is 77.5 Å². The molecule has 0 aromatic heterocycles. The van der Waals surface area contributed by atoms with Crippen LogP contribution in [0.1, 0.15) is 25.0 Å². The number of carbonyl (C=O) groups excluding carboxylic acids is 1. The molecule has 1 N–H and O–H groups in total. The normalized spacial score (nSPS) is 15.7. The van der Waals surface area contributed by atoms with Crippen molar-refractivity contribution in [3.8, 4) is 0 Å². The van der Waals surface area contributed by atoms with Crippen LogP contribution in [0, 0.1) is 0 Å². The predicted molar refractivity (Wildman–Crippen MR) is 107 cm³/mol. The number of hydrogen-bond donors (Lipinski definition) is 1. The molecule has 7 heteroatoms. The second kappa shape index (κ2) is 7.75. The van der Waals surface area contributed by atoms with Crippen molar-refractivity contribution in [1.82, 2.24) is 4.31 Å². The fourth-order valence-electron chi connectivity index (χ4n) is 2.71. The van der Waals surface area contributed by atoms with E-state index in [0.717, 1.165) is 16.3 Å². The molecule has 0 radical (unpaired) electrons. The van der Waals surface area contributed by atoms with Crippen LogP contribution >= 0.6 is 0 Å². The van der Waals surface area contributed by atoms with Crippen LogP contribution in [0.4, 0.5) is 5.69 Å². The summed E-state index contributed by atoms with van der Waals surface area (Å²) in [6.45, 7) is 3.69. The van der Waals surface area contributed by atoms with Crippen LogP contribution in [-0.4, -0.2) is 24.3 Å². The summed E-state index contributed by atoms with van der Waals surface area (Å²) in [6.07, 6.45) is 2.26. The molecule has 1 amide bonds. The van der Waals surface area contributed by atoms with E-state index in [-0.39, 0.29) is 17.8 Å². The number of anilines is 1. The van der Waals surface area contributed by atoms with E-state index < -0.39 is 16.1 Å². The topological polar surface area (TPSA) is 78.8 Å². The average molecular weight is 383 g/mol. The summed E-state index contributed by atoms with van der Waals surface area (Å²) in [6, 6.07) is 16.7. The molecule has 0 fully saturated rings. The molecule has 2 aromatic rings. The van der Waals surface area contributed by atoms with Crippen LogP contribution in [0.3, 0.4) is 0 Å². The zero-order valence-corrected chi connectivity index (χ0v) is 16.0. The molecule has 0 unspecified atom stereocenters. The molecule has 140 valence electrons. The first kappa shape index (κ1) is 18.8. The van der Waals surface area contributed by atoms with E-state index in [1.54, 1.807) is 0 Å². The number of hydrogen-bond acceptors (Lipinski definition) is 3. The third-order valence-corrected chi connectivity index (χ3v) is 5.59. The number of carbonyl (C=O) groups is 1. The fourth-order valence-corrected chi connectivity index (χ4v) is 3.81. The Bertz CT molecular complexity index is 995. The third-order valence-electron chi connectivity index (χ3n) is 4.26. The first-order valence-corrected chi connectivity index (χ1v) is 10.0. The smallest absolute Gasteiger partial charge is 0.322 e. The number of benzene rings is 2. The van der Waals surface area contributed by atoms with Gasteiger partial charge < -0.3 is 5.32 Å². The minimum absolute atomic E-state index is 0.113. The molecule has 0 spiro atoms. The summed E-state index contributed by atoms with van der Waals surface area (Å²) in [4.78, 5) is 12.7. The van der Waals surface area contributed by atoms with Crippen molar-refractivity contribution in [1.29, 1.82) is 0 Å². The zero-order chi connectivity index (χ0) is 19.4. The Morgan fingerprint density at radius 2 is 1.70 bits per heavy atom. The van der Waals surface area contributed by atoms with Gasteiger partial charge in [0.2, 0.25) is 0 Å². The van der Waals surface area contributed by atoms with Crippen LogP contribution in [0.25, 0.3) is 0 Å². The Morgan fingerprint density at radius 3 is 2.33 bits per heavy atom. The van der Waals surface area contributed by atoms with Crippen LogP contribution in [0.5, 0.6) is 0 Å². The minimum Gasteiger partial charge on any atom is -0.322 e. The summed E-state index contributed by atoms with van der Waals surface area (Å²) in [5.41, 5.74) is 3.01. The average Bonchev–Trinajstić information content (AvgIpc) is 2.65. The molecule has 3 rings (SSSR count). The van der Waals surface area contributed by atoms with Gasteiger partial charge >= 0.3 is 10.2 Å². The number of aryl methyl sites for hydroxylation is 1. The van der Waals surface area contributed by atoms with E-state index >= 15 is 0 Å². The van der Waals surface area contributed by atoms with Gasteiger partial charge in [-0.05, 0) is 36.6 Å². The first-order chi connectivity index (χ1) is 12.9. The SMILES string of the molecule is CCc1ccc(NC(=O)C2=CN(Cc3ccccc3)S(=O)(=O)N=C2C)cc1. The number of nitrogens with one attached hydrogen (secondary N) is 1. The van der Waals surface area contributed by atoms with Crippen molar-refractivity contribution < 1.29 is 13.2 Å². The van der Waals surface area contributed by atoms with Gasteiger partial charge in [0.25, 0.3) is 5.91 Å². The number of rotatable bonds is 5. The lowest BCUT2D eigenvalue weighted by atomic mass is 10.1. The van der Waals surface area contributed by atoms with Crippen LogP contribution in [0.2, 0.25) is 0 Å². The quantitative estimate of drug-likeness (QED) is 0.860. The van der Waals surface area contributed by atoms with E-state index in [1.165, 1.54) is 18.7 Å². The van der Waals surface area contributed by atoms with Crippen LogP contribution < -0.4 is 5.32 Å². The molecule has 2 aromatic carbocycles. The van der Waals surface area contributed by atoms with Gasteiger partial charge in [-0.3, -0.25) is 9.10 Å². The molecule has 0 bridgehead atoms. The molecular formula is C20H21N3O3S. The van der Waals surface area contributed by atoms with Gasteiger partial charge in [-0.2, -0.15) is 8.42 Å². The van der Waals surface area contributed by atoms with E-state index in [1.807, 2.05) is 54.6 Å². The Kier molecular flexibility index (Phi) is 5.41. The monoisotopic (exact) mass is 383 g/mol. The number of amides is 1. The third kappa shape index (κ3) is 4.43. The van der Waals surface area contributed by atoms with Gasteiger partial charge in [-0.25, -0.2) is 0 Å². The Balaban J connectivity index is 1.83. The highest BCUT2D eigenvalue weighted by atomic mass is 32.2. The summed E-state index contributed by atoms with van der Waals surface area (Å²) in [5, 5.41) is 2.80. The summed E-state index contributed by atoms with van der Waals surface area (Å²) >= 11 is 0. The Labute approximate surface area is 159 Å². The lowest BCUT2D eigenvalue weighted by Gasteiger charge is -2.23. The minimum atomic E-state index is -3.85. The summed E-state index contributed by atoms with van der Waals surface area (Å²) in [7, 11) is -3.85. The lowest BCUT2D eigenvalue weighted by molar-refractivity contribution is -0.112. The Hall–Kier alpha value is -2.93. The van der Waals surface area contributed by atoms with Crippen molar-refractivity contribution in [2.75, 3.05) is 5.32 Å². The molecule has 27 heavy (non-hydrogen) atoms. The number of nitrogens with zero attached hydrogens (tertiary/aromatic N) is 2. The highest BCUT2D eigenvalue weighted by molar-refractivity contribution is 7.88. The maximum Gasteiger partial charge on any atom is 0.344 e. The molecule has 0 atom stereocenters. The van der Waals surface area contributed by atoms with E-state index in [4.69, 9.17) is 0 Å². The van der Waals surface area contributed by atoms with Crippen molar-refractivity contribution in [2.24, 2.45) is 4.40 Å². The molecular weight excluding hydrogens is 362 g/mol. The largest absolute Gasteiger partial charge is 0.344 e. The molecule has 0 saturated carbocycles. The second-order valence-corrected chi connectivity index (χ2v) is 7.78. The predicted octanol–water partition coefficient (Wildman–Crippen LogP) is 3.29. The zero-order valence-electron chi connectivity index (χ0n) is 15.2. The second-order valence-electron chi connectivity index (χ2n) is 6.23. The fraction of sp³-hybridized carbons (Fsp3) is 0.200. The van der Waals surface area contributed by atoms with Crippen molar-refractivity contribution >= 4 is 27.5 Å². The van der Waals surface area contributed by atoms with Crippen molar-refractivity contribution in [3.63, 3.8) is 0 Å². The maximum absolute atomic E-state index is 12.7. The van der Waals surface area contributed by atoms with Gasteiger partial charge in [0.15, 0.2) is 0 Å². The van der Waals surface area contributed by atoms with Gasteiger partial charge in [-0.15, -0.1) is 4.40 Å². The first-order valence-electron chi connectivity index (χ1n) is 8.64. The van der Waals surface area contributed by atoms with Crippen LogP contribution in [0.15, 0.2) is 70.8 Å². The molecule has 1 aliphatic heterocycles. The standard InChI is InChI=1S/C20H21N3O3S/c1-3-16-9-11-18(12-10-16)21-20(24)19-14-23(27(25,26)22-15(19)2)13-17-7-5-4-6-8-17/h4-12,14H,3,13H2,1-2H3,(H,21,24). The summed E-state index contributed by atoms with van der Waals surface area (Å²) < 4.78 is 29.5. The van der Waals surface area contributed by atoms with E-state index in [0.29, 0.717) is 5.69 Å². The van der Waals surface area contributed by atoms with Gasteiger partial charge in [0.05, 0.1) is 17.8 Å². The molecule has 0 aliphatic carbocycles. The molecule has 6 nitrogen and oxygen atoms in total. The lowest BCUT2D eigenvalue weighted by Crippen LogP contribution is -2.32. The molecule has 1 aliphatic rings. The summed E-state index contributed by atoms with van der Waals surface area (Å²) in [5.74, 6) is -0.395. The van der Waals surface area contributed by atoms with Gasteiger partial charge in [0.1, 0.15) is 0 Å². The van der Waals surface area contributed by atoms with Gasteiger partial charge in [0, 0.05) is 11.9 Å². The molecule has 1 heterocycles. The van der Waals surface area contributed by atoms with Gasteiger partial charge in [-0.1, -0.05) is 49.4 Å². The van der Waals surface area contributed by atoms with Crippen molar-refractivity contribution in [2.45, 2.75) is 26.8 Å². The van der Waals surface area contributed by atoms with Crippen LogP contribution in [-0.2, 0) is 28.0 Å². The van der Waals surface area contributed by atoms with E-state index in [9.17, 15) is 13.2 Å². The highest BCUT2D eigenvalue weighted by Crippen LogP contribution is 2.21. The van der Waals surface area contributed by atoms with E-state index in [2.05, 4.69) is 16.6 Å².